The highest BCUT2D eigenvalue weighted by atomic mass is 32.2. The molecule has 0 unspecified atom stereocenters. The second kappa shape index (κ2) is 7.14. The van der Waals surface area contributed by atoms with Crippen LogP contribution >= 0.6 is 0 Å². The topological polar surface area (TPSA) is 86.7 Å². The molecule has 1 saturated heterocycles. The van der Waals surface area contributed by atoms with E-state index in [2.05, 4.69) is 9.62 Å². The van der Waals surface area contributed by atoms with E-state index in [1.165, 1.54) is 30.7 Å². The van der Waals surface area contributed by atoms with E-state index in [1.807, 2.05) is 12.1 Å². The first-order valence-corrected chi connectivity index (χ1v) is 9.66. The van der Waals surface area contributed by atoms with Crippen LogP contribution in [-0.4, -0.2) is 32.6 Å². The Morgan fingerprint density at radius 3 is 2.24 bits per heavy atom. The lowest BCUT2D eigenvalue weighted by Crippen LogP contribution is -2.30. The van der Waals surface area contributed by atoms with Gasteiger partial charge in [0.2, 0.25) is 0 Å². The number of carboxylic acid groups (broad SMARTS) is 1. The number of benzene rings is 2. The van der Waals surface area contributed by atoms with Crippen molar-refractivity contribution >= 4 is 27.4 Å². The maximum absolute atomic E-state index is 12.6. The summed E-state index contributed by atoms with van der Waals surface area (Å²) in [6.07, 6.45) is 3.38. The normalized spacial score (nSPS) is 15.0. The molecule has 0 radical (unpaired) electrons. The Hall–Kier alpha value is -2.54. The van der Waals surface area contributed by atoms with E-state index in [4.69, 9.17) is 5.11 Å². The second-order valence-electron chi connectivity index (χ2n) is 6.00. The standard InChI is InChI=1S/C18H20N2O4S/c21-18(22)14-8-10-15(11-9-14)25(23,24)19-16-6-2-3-7-17(16)20-12-4-1-5-13-20/h2-3,6-11,19H,1,4-5,12-13H2,(H,21,22). The van der Waals surface area contributed by atoms with Gasteiger partial charge in [0, 0.05) is 13.1 Å². The number of hydrogen-bond donors (Lipinski definition) is 2. The summed E-state index contributed by atoms with van der Waals surface area (Å²) >= 11 is 0. The van der Waals surface area contributed by atoms with Crippen molar-refractivity contribution < 1.29 is 18.3 Å². The maximum Gasteiger partial charge on any atom is 0.335 e. The molecule has 0 aromatic heterocycles. The molecule has 0 atom stereocenters. The summed E-state index contributed by atoms with van der Waals surface area (Å²) in [5.41, 5.74) is 1.45. The van der Waals surface area contributed by atoms with Crippen LogP contribution in [-0.2, 0) is 10.0 Å². The summed E-state index contributed by atoms with van der Waals surface area (Å²) in [7, 11) is -3.79. The van der Waals surface area contributed by atoms with Gasteiger partial charge >= 0.3 is 5.97 Å². The molecule has 3 rings (SSSR count). The molecule has 7 heteroatoms. The Morgan fingerprint density at radius 1 is 0.960 bits per heavy atom. The summed E-state index contributed by atoms with van der Waals surface area (Å²) in [4.78, 5) is 13.1. The zero-order valence-corrected chi connectivity index (χ0v) is 14.5. The fourth-order valence-electron chi connectivity index (χ4n) is 2.95. The molecular formula is C18H20N2O4S. The smallest absolute Gasteiger partial charge is 0.335 e. The third-order valence-corrected chi connectivity index (χ3v) is 5.64. The molecule has 0 spiro atoms. The van der Waals surface area contributed by atoms with E-state index in [0.29, 0.717) is 5.69 Å². The minimum Gasteiger partial charge on any atom is -0.478 e. The first-order chi connectivity index (χ1) is 12.0. The van der Waals surface area contributed by atoms with Crippen LogP contribution in [0.1, 0.15) is 29.6 Å². The van der Waals surface area contributed by atoms with Crippen molar-refractivity contribution in [3.63, 3.8) is 0 Å². The van der Waals surface area contributed by atoms with Gasteiger partial charge < -0.3 is 10.0 Å². The minimum absolute atomic E-state index is 0.0333. The third kappa shape index (κ3) is 3.93. The van der Waals surface area contributed by atoms with Gasteiger partial charge in [0.05, 0.1) is 21.8 Å². The fraction of sp³-hybridized carbons (Fsp3) is 0.278. The van der Waals surface area contributed by atoms with Crippen molar-refractivity contribution in [2.45, 2.75) is 24.2 Å². The van der Waals surface area contributed by atoms with E-state index in [0.717, 1.165) is 31.6 Å². The van der Waals surface area contributed by atoms with Gasteiger partial charge in [0.25, 0.3) is 10.0 Å². The lowest BCUT2D eigenvalue weighted by molar-refractivity contribution is 0.0696. The Bertz CT molecular complexity index is 857. The van der Waals surface area contributed by atoms with Crippen molar-refractivity contribution in [2.75, 3.05) is 22.7 Å². The molecular weight excluding hydrogens is 340 g/mol. The summed E-state index contributed by atoms with van der Waals surface area (Å²) in [6, 6.07) is 12.5. The Labute approximate surface area is 147 Å². The molecule has 0 aliphatic carbocycles. The summed E-state index contributed by atoms with van der Waals surface area (Å²) < 4.78 is 27.9. The lowest BCUT2D eigenvalue weighted by atomic mass is 10.1. The van der Waals surface area contributed by atoms with Crippen LogP contribution in [0.2, 0.25) is 0 Å². The highest BCUT2D eigenvalue weighted by Gasteiger charge is 2.19. The molecule has 6 nitrogen and oxygen atoms in total. The molecule has 2 aromatic rings. The summed E-state index contributed by atoms with van der Waals surface area (Å²) in [5, 5.41) is 8.92. The number of carbonyl (C=O) groups is 1. The van der Waals surface area contributed by atoms with Crippen molar-refractivity contribution in [3.05, 3.63) is 54.1 Å². The predicted octanol–water partition coefficient (Wildman–Crippen LogP) is 3.18. The minimum atomic E-state index is -3.79. The number of para-hydroxylation sites is 2. The highest BCUT2D eigenvalue weighted by Crippen LogP contribution is 2.30. The number of nitrogens with one attached hydrogen (secondary N) is 1. The van der Waals surface area contributed by atoms with Gasteiger partial charge in [-0.2, -0.15) is 0 Å². The Kier molecular flexibility index (Phi) is 4.94. The second-order valence-corrected chi connectivity index (χ2v) is 7.68. The fourth-order valence-corrected chi connectivity index (χ4v) is 4.03. The highest BCUT2D eigenvalue weighted by molar-refractivity contribution is 7.92. The van der Waals surface area contributed by atoms with Crippen molar-refractivity contribution in [3.8, 4) is 0 Å². The number of nitrogens with zero attached hydrogens (tertiary/aromatic N) is 1. The van der Waals surface area contributed by atoms with Crippen LogP contribution < -0.4 is 9.62 Å². The van der Waals surface area contributed by atoms with E-state index >= 15 is 0 Å². The van der Waals surface area contributed by atoms with Crippen LogP contribution in [0, 0.1) is 0 Å². The molecule has 1 heterocycles. The molecule has 1 aliphatic rings. The molecule has 1 aliphatic heterocycles. The van der Waals surface area contributed by atoms with Crippen molar-refractivity contribution in [1.29, 1.82) is 0 Å². The van der Waals surface area contributed by atoms with E-state index in [1.54, 1.807) is 12.1 Å². The summed E-state index contributed by atoms with van der Waals surface area (Å²) in [6.45, 7) is 1.82. The van der Waals surface area contributed by atoms with Crippen LogP contribution in [0.3, 0.4) is 0 Å². The van der Waals surface area contributed by atoms with Gasteiger partial charge in [-0.15, -0.1) is 0 Å². The number of sulfonamides is 1. The Morgan fingerprint density at radius 2 is 1.60 bits per heavy atom. The molecule has 1 fully saturated rings. The number of carboxylic acids is 1. The van der Waals surface area contributed by atoms with Crippen LogP contribution in [0.15, 0.2) is 53.4 Å². The van der Waals surface area contributed by atoms with E-state index < -0.39 is 16.0 Å². The Balaban J connectivity index is 1.87. The molecule has 0 saturated carbocycles. The number of hydrogen-bond acceptors (Lipinski definition) is 4. The van der Waals surface area contributed by atoms with Crippen molar-refractivity contribution in [2.24, 2.45) is 0 Å². The zero-order chi connectivity index (χ0) is 17.9. The van der Waals surface area contributed by atoms with Gasteiger partial charge in [-0.05, 0) is 55.7 Å². The first-order valence-electron chi connectivity index (χ1n) is 8.17. The largest absolute Gasteiger partial charge is 0.478 e. The third-order valence-electron chi connectivity index (χ3n) is 4.26. The number of piperidine rings is 1. The van der Waals surface area contributed by atoms with Gasteiger partial charge in [-0.3, -0.25) is 4.72 Å². The SMILES string of the molecule is O=C(O)c1ccc(S(=O)(=O)Nc2ccccc2N2CCCCC2)cc1. The molecule has 132 valence electrons. The van der Waals surface area contributed by atoms with Gasteiger partial charge in [0.15, 0.2) is 0 Å². The van der Waals surface area contributed by atoms with Crippen LogP contribution in [0.25, 0.3) is 0 Å². The first kappa shape index (κ1) is 17.3. The number of rotatable bonds is 5. The quantitative estimate of drug-likeness (QED) is 0.855. The van der Waals surface area contributed by atoms with E-state index in [-0.39, 0.29) is 10.5 Å². The predicted molar refractivity (Wildman–Crippen MR) is 96.7 cm³/mol. The lowest BCUT2D eigenvalue weighted by Gasteiger charge is -2.30. The van der Waals surface area contributed by atoms with E-state index in [9.17, 15) is 13.2 Å². The average Bonchev–Trinajstić information content (AvgIpc) is 2.63. The van der Waals surface area contributed by atoms with Gasteiger partial charge in [0.1, 0.15) is 0 Å². The summed E-state index contributed by atoms with van der Waals surface area (Å²) in [5.74, 6) is -1.09. The van der Waals surface area contributed by atoms with Crippen LogP contribution in [0.4, 0.5) is 11.4 Å². The molecule has 2 N–H and O–H groups in total. The molecule has 25 heavy (non-hydrogen) atoms. The van der Waals surface area contributed by atoms with Crippen LogP contribution in [0.5, 0.6) is 0 Å². The van der Waals surface area contributed by atoms with Gasteiger partial charge in [-0.1, -0.05) is 12.1 Å². The molecule has 0 amide bonds. The number of aromatic carboxylic acids is 1. The molecule has 0 bridgehead atoms. The maximum atomic E-state index is 12.6. The van der Waals surface area contributed by atoms with Crippen molar-refractivity contribution in [1.82, 2.24) is 0 Å². The zero-order valence-electron chi connectivity index (χ0n) is 13.7. The average molecular weight is 360 g/mol. The monoisotopic (exact) mass is 360 g/mol. The number of anilines is 2. The molecule has 2 aromatic carbocycles. The van der Waals surface area contributed by atoms with Gasteiger partial charge in [-0.25, -0.2) is 13.2 Å².